The highest BCUT2D eigenvalue weighted by Gasteiger charge is 2.51. The van der Waals surface area contributed by atoms with Crippen LogP contribution in [0, 0.1) is 34.5 Å². The Morgan fingerprint density at radius 1 is 1.08 bits per heavy atom. The molecule has 5 rings (SSSR count). The summed E-state index contributed by atoms with van der Waals surface area (Å²) in [5.74, 6) is 2.00. The predicted octanol–water partition coefficient (Wildman–Crippen LogP) is 2.47. The predicted molar refractivity (Wildman–Crippen MR) is 94.8 cm³/mol. The molecule has 138 valence electrons. The van der Waals surface area contributed by atoms with Crippen molar-refractivity contribution in [3.05, 3.63) is 29.8 Å². The topological polar surface area (TPSA) is 99.1 Å². The van der Waals surface area contributed by atoms with Crippen molar-refractivity contribution in [3.63, 3.8) is 0 Å². The van der Waals surface area contributed by atoms with Crippen molar-refractivity contribution >= 4 is 15.9 Å². The van der Waals surface area contributed by atoms with Crippen LogP contribution in [0.25, 0.3) is 0 Å². The lowest BCUT2D eigenvalue weighted by atomic mass is 9.49. The van der Waals surface area contributed by atoms with Crippen LogP contribution in [-0.2, 0) is 14.8 Å². The largest absolute Gasteiger partial charge is 0.278 e. The Morgan fingerprint density at radius 2 is 1.62 bits per heavy atom. The lowest BCUT2D eigenvalue weighted by molar-refractivity contribution is -0.129. The first-order valence-electron chi connectivity index (χ1n) is 9.18. The fourth-order valence-electron chi connectivity index (χ4n) is 5.78. The van der Waals surface area contributed by atoms with Gasteiger partial charge in [0, 0.05) is 6.42 Å². The molecule has 1 aromatic carbocycles. The first-order chi connectivity index (χ1) is 12.4. The maximum Gasteiger partial charge on any atom is 0.257 e. The van der Waals surface area contributed by atoms with E-state index < -0.39 is 10.0 Å². The molecule has 0 unspecified atom stereocenters. The maximum atomic E-state index is 12.4. The van der Waals surface area contributed by atoms with Crippen LogP contribution in [0.2, 0.25) is 0 Å². The average Bonchev–Trinajstić information content (AvgIpc) is 2.58. The second-order valence-electron chi connectivity index (χ2n) is 8.38. The Kier molecular flexibility index (Phi) is 4.28. The van der Waals surface area contributed by atoms with E-state index in [1.807, 2.05) is 6.07 Å². The summed E-state index contributed by atoms with van der Waals surface area (Å²) in [7, 11) is -3.84. The monoisotopic (exact) mass is 373 g/mol. The van der Waals surface area contributed by atoms with Gasteiger partial charge in [0.1, 0.15) is 0 Å². The van der Waals surface area contributed by atoms with Gasteiger partial charge in [-0.25, -0.2) is 8.42 Å². The minimum Gasteiger partial charge on any atom is -0.278 e. The molecule has 0 spiro atoms. The lowest BCUT2D eigenvalue weighted by Crippen LogP contribution is -2.50. The fourth-order valence-corrected chi connectivity index (χ4v) is 6.64. The molecule has 4 fully saturated rings. The van der Waals surface area contributed by atoms with E-state index >= 15 is 0 Å². The number of benzene rings is 1. The van der Waals surface area contributed by atoms with Crippen molar-refractivity contribution in [3.8, 4) is 6.07 Å². The van der Waals surface area contributed by atoms with Crippen LogP contribution >= 0.6 is 0 Å². The third-order valence-corrected chi connectivity index (χ3v) is 7.58. The smallest absolute Gasteiger partial charge is 0.257 e. The normalized spacial score (nSPS) is 32.2. The number of sulfonamides is 1. The first-order valence-corrected chi connectivity index (χ1v) is 10.7. The molecule has 1 amide bonds. The Bertz CT molecular complexity index is 820. The van der Waals surface area contributed by atoms with Crippen molar-refractivity contribution in [2.75, 3.05) is 0 Å². The molecule has 0 aliphatic heterocycles. The van der Waals surface area contributed by atoms with Crippen LogP contribution in [0.3, 0.4) is 0 Å². The molecule has 0 heterocycles. The Labute approximate surface area is 154 Å². The van der Waals surface area contributed by atoms with E-state index in [9.17, 15) is 13.2 Å². The molecule has 4 aliphatic carbocycles. The molecule has 1 aromatic rings. The van der Waals surface area contributed by atoms with Crippen molar-refractivity contribution < 1.29 is 13.2 Å². The van der Waals surface area contributed by atoms with Crippen molar-refractivity contribution in [1.82, 2.24) is 10.3 Å². The van der Waals surface area contributed by atoms with Gasteiger partial charge in [-0.05, 0) is 86.0 Å². The van der Waals surface area contributed by atoms with E-state index in [0.29, 0.717) is 12.0 Å². The zero-order valence-corrected chi connectivity index (χ0v) is 15.4. The van der Waals surface area contributed by atoms with Gasteiger partial charge in [0.05, 0.1) is 16.5 Å². The number of rotatable bonds is 5. The third-order valence-electron chi connectivity index (χ3n) is 6.32. The number of hydrogen-bond acceptors (Lipinski definition) is 4. The summed E-state index contributed by atoms with van der Waals surface area (Å²) >= 11 is 0. The molecule has 6 nitrogen and oxygen atoms in total. The van der Waals surface area contributed by atoms with Gasteiger partial charge in [-0.2, -0.15) is 5.26 Å². The standard InChI is InChI=1S/C19H23N3O3S/c20-12-13-1-3-17(4-2-13)26(24,25)22-21-18(23)11-19-8-14-5-15(9-19)7-16(6-14)10-19/h1-4,14-16,22H,5-11H2,(H,21,23). The van der Waals surface area contributed by atoms with Gasteiger partial charge in [0.25, 0.3) is 10.0 Å². The zero-order valence-electron chi connectivity index (χ0n) is 14.6. The molecule has 2 N–H and O–H groups in total. The van der Waals surface area contributed by atoms with E-state index in [1.54, 1.807) is 0 Å². The highest BCUT2D eigenvalue weighted by molar-refractivity contribution is 7.89. The number of hydrogen-bond donors (Lipinski definition) is 2. The van der Waals surface area contributed by atoms with Crippen LogP contribution in [0.15, 0.2) is 29.2 Å². The molecule has 4 saturated carbocycles. The van der Waals surface area contributed by atoms with Crippen LogP contribution in [0.5, 0.6) is 0 Å². The number of carbonyl (C=O) groups is 1. The highest BCUT2D eigenvalue weighted by Crippen LogP contribution is 2.61. The van der Waals surface area contributed by atoms with E-state index in [0.717, 1.165) is 37.0 Å². The van der Waals surface area contributed by atoms with Crippen molar-refractivity contribution in [2.45, 2.75) is 49.8 Å². The van der Waals surface area contributed by atoms with Gasteiger partial charge in [-0.1, -0.05) is 0 Å². The molecule has 0 radical (unpaired) electrons. The van der Waals surface area contributed by atoms with E-state index in [-0.39, 0.29) is 16.2 Å². The number of nitrogens with one attached hydrogen (secondary N) is 2. The van der Waals surface area contributed by atoms with Crippen LogP contribution in [0.4, 0.5) is 0 Å². The van der Waals surface area contributed by atoms with E-state index in [4.69, 9.17) is 5.26 Å². The third kappa shape index (κ3) is 3.36. The molecular formula is C19H23N3O3S. The number of nitrogens with zero attached hydrogens (tertiary/aromatic N) is 1. The number of nitriles is 1. The Balaban J connectivity index is 1.37. The van der Waals surface area contributed by atoms with Crippen LogP contribution in [0.1, 0.15) is 50.5 Å². The van der Waals surface area contributed by atoms with Crippen LogP contribution in [-0.4, -0.2) is 14.3 Å². The summed E-state index contributed by atoms with van der Waals surface area (Å²) in [4.78, 5) is 14.6. The van der Waals surface area contributed by atoms with E-state index in [2.05, 4.69) is 10.3 Å². The highest BCUT2D eigenvalue weighted by atomic mass is 32.2. The maximum absolute atomic E-state index is 12.4. The quantitative estimate of drug-likeness (QED) is 0.775. The molecule has 4 bridgehead atoms. The lowest BCUT2D eigenvalue weighted by Gasteiger charge is -2.56. The molecule has 26 heavy (non-hydrogen) atoms. The number of hydrazine groups is 1. The SMILES string of the molecule is N#Cc1ccc(S(=O)(=O)NNC(=O)CC23CC4CC(CC(C4)C2)C3)cc1. The summed E-state index contributed by atoms with van der Waals surface area (Å²) in [6.07, 6.45) is 7.65. The number of amides is 1. The minimum absolute atomic E-state index is 0.0200. The Hall–Kier alpha value is -1.91. The summed E-state index contributed by atoms with van der Waals surface area (Å²) < 4.78 is 24.6. The first kappa shape index (κ1) is 17.5. The molecule has 7 heteroatoms. The summed E-state index contributed by atoms with van der Waals surface area (Å²) in [6, 6.07) is 7.52. The average molecular weight is 373 g/mol. The zero-order chi connectivity index (χ0) is 18.4. The van der Waals surface area contributed by atoms with Gasteiger partial charge >= 0.3 is 0 Å². The summed E-state index contributed by atoms with van der Waals surface area (Å²) in [6.45, 7) is 0. The summed E-state index contributed by atoms with van der Waals surface area (Å²) in [5.41, 5.74) is 2.84. The van der Waals surface area contributed by atoms with Crippen molar-refractivity contribution in [1.29, 1.82) is 5.26 Å². The van der Waals surface area contributed by atoms with Gasteiger partial charge in [-0.15, -0.1) is 4.83 Å². The molecule has 4 aliphatic rings. The second kappa shape index (κ2) is 6.36. The van der Waals surface area contributed by atoms with Gasteiger partial charge < -0.3 is 0 Å². The Morgan fingerprint density at radius 3 is 2.12 bits per heavy atom. The van der Waals surface area contributed by atoms with Gasteiger partial charge in [-0.3, -0.25) is 10.2 Å². The van der Waals surface area contributed by atoms with E-state index in [1.165, 1.54) is 43.5 Å². The molecule has 0 atom stereocenters. The molecule has 0 aromatic heterocycles. The minimum atomic E-state index is -3.84. The summed E-state index contributed by atoms with van der Waals surface area (Å²) in [5, 5.41) is 8.78. The van der Waals surface area contributed by atoms with Crippen molar-refractivity contribution in [2.24, 2.45) is 23.2 Å². The van der Waals surface area contributed by atoms with Gasteiger partial charge in [0.15, 0.2) is 0 Å². The molecular weight excluding hydrogens is 350 g/mol. The fraction of sp³-hybridized carbons (Fsp3) is 0.579. The van der Waals surface area contributed by atoms with Crippen LogP contribution < -0.4 is 10.3 Å². The van der Waals surface area contributed by atoms with Gasteiger partial charge in [0.2, 0.25) is 5.91 Å². The number of carbonyl (C=O) groups excluding carboxylic acids is 1. The second-order valence-corrected chi connectivity index (χ2v) is 10.1. The molecule has 0 saturated heterocycles.